The van der Waals surface area contributed by atoms with Gasteiger partial charge in [0.25, 0.3) is 0 Å². The molecule has 1 aromatic heterocycles. The van der Waals surface area contributed by atoms with Crippen LogP contribution >= 0.6 is 24.0 Å². The zero-order valence-electron chi connectivity index (χ0n) is 14.8. The number of guanidine groups is 1. The van der Waals surface area contributed by atoms with Crippen LogP contribution in [0.2, 0.25) is 0 Å². The van der Waals surface area contributed by atoms with Crippen LogP contribution in [0.1, 0.15) is 19.4 Å². The van der Waals surface area contributed by atoms with Crippen molar-refractivity contribution >= 4 is 29.9 Å². The summed E-state index contributed by atoms with van der Waals surface area (Å²) in [5.74, 6) is 0.988. The molecule has 0 saturated carbocycles. The first-order valence-electron chi connectivity index (χ1n) is 8.42. The third-order valence-corrected chi connectivity index (χ3v) is 3.61. The van der Waals surface area contributed by atoms with E-state index in [2.05, 4.69) is 27.6 Å². The number of hydrogen-bond donors (Lipinski definition) is 2. The monoisotopic (exact) mass is 459 g/mol. The van der Waals surface area contributed by atoms with Gasteiger partial charge in [-0.15, -0.1) is 24.0 Å². The van der Waals surface area contributed by atoms with E-state index in [4.69, 9.17) is 0 Å². The van der Waals surface area contributed by atoms with Crippen molar-refractivity contribution in [2.24, 2.45) is 10.9 Å². The summed E-state index contributed by atoms with van der Waals surface area (Å²) in [4.78, 5) is 4.61. The molecule has 2 rings (SSSR count). The molecule has 1 heterocycles. The highest BCUT2D eigenvalue weighted by Crippen LogP contribution is 2.06. The Hall–Kier alpha value is -1.64. The molecule has 0 radical (unpaired) electrons. The first kappa shape index (κ1) is 21.4. The molecule has 0 amide bonds. The normalized spacial score (nSPS) is 12.4. The van der Waals surface area contributed by atoms with E-state index in [1.807, 2.05) is 36.0 Å². The maximum absolute atomic E-state index is 13.6. The highest BCUT2D eigenvalue weighted by atomic mass is 127. The van der Waals surface area contributed by atoms with Gasteiger partial charge in [0, 0.05) is 38.6 Å². The van der Waals surface area contributed by atoms with Crippen molar-refractivity contribution in [2.45, 2.75) is 26.8 Å². The van der Waals surface area contributed by atoms with Crippen LogP contribution < -0.4 is 10.6 Å². The Morgan fingerprint density at radius 2 is 2.08 bits per heavy atom. The van der Waals surface area contributed by atoms with Crippen LogP contribution in [0.5, 0.6) is 0 Å². The van der Waals surface area contributed by atoms with E-state index in [-0.39, 0.29) is 29.8 Å². The van der Waals surface area contributed by atoms with Crippen molar-refractivity contribution < 1.29 is 4.39 Å². The summed E-state index contributed by atoms with van der Waals surface area (Å²) >= 11 is 0. The molecule has 138 valence electrons. The Balaban J connectivity index is 0.00000312. The lowest BCUT2D eigenvalue weighted by Crippen LogP contribution is -2.38. The van der Waals surface area contributed by atoms with Crippen LogP contribution in [0.15, 0.2) is 47.7 Å². The zero-order chi connectivity index (χ0) is 17.2. The van der Waals surface area contributed by atoms with Gasteiger partial charge in [-0.3, -0.25) is 9.67 Å². The first-order valence-corrected chi connectivity index (χ1v) is 8.42. The molecule has 2 aromatic rings. The largest absolute Gasteiger partial charge is 0.357 e. The maximum atomic E-state index is 13.6. The fourth-order valence-electron chi connectivity index (χ4n) is 2.39. The van der Waals surface area contributed by atoms with Crippen molar-refractivity contribution in [3.8, 4) is 0 Å². The molecule has 0 aliphatic carbocycles. The Labute approximate surface area is 166 Å². The molecule has 0 aliphatic heterocycles. The summed E-state index contributed by atoms with van der Waals surface area (Å²) in [7, 11) is 0. The summed E-state index contributed by atoms with van der Waals surface area (Å²) in [5.41, 5.74) is 0.716. The van der Waals surface area contributed by atoms with E-state index in [9.17, 15) is 4.39 Å². The second kappa shape index (κ2) is 11.8. The molecule has 25 heavy (non-hydrogen) atoms. The summed E-state index contributed by atoms with van der Waals surface area (Å²) < 4.78 is 15.5. The topological polar surface area (TPSA) is 54.2 Å². The summed E-state index contributed by atoms with van der Waals surface area (Å²) in [6.07, 6.45) is 4.36. The number of aromatic nitrogens is 2. The average molecular weight is 459 g/mol. The predicted octanol–water partition coefficient (Wildman–Crippen LogP) is 3.07. The molecular formula is C18H27FIN5. The maximum Gasteiger partial charge on any atom is 0.191 e. The van der Waals surface area contributed by atoms with Gasteiger partial charge >= 0.3 is 0 Å². The van der Waals surface area contributed by atoms with Crippen molar-refractivity contribution in [1.29, 1.82) is 0 Å². The SMILES string of the molecule is CCNC(=NCC(C)Cn1cccn1)NCCc1ccccc1F.I. The summed E-state index contributed by atoms with van der Waals surface area (Å²) in [6.45, 7) is 7.15. The second-order valence-corrected chi connectivity index (χ2v) is 5.82. The van der Waals surface area contributed by atoms with Crippen molar-refractivity contribution in [3.63, 3.8) is 0 Å². The van der Waals surface area contributed by atoms with Gasteiger partial charge in [-0.1, -0.05) is 25.1 Å². The predicted molar refractivity (Wildman–Crippen MR) is 111 cm³/mol. The number of benzene rings is 1. The fraction of sp³-hybridized carbons (Fsp3) is 0.444. The number of nitrogens with zero attached hydrogens (tertiary/aromatic N) is 3. The van der Waals surface area contributed by atoms with Crippen LogP contribution in [-0.4, -0.2) is 35.4 Å². The number of nitrogens with one attached hydrogen (secondary N) is 2. The zero-order valence-corrected chi connectivity index (χ0v) is 17.1. The summed E-state index contributed by atoms with van der Waals surface area (Å²) in [5, 5.41) is 10.7. The smallest absolute Gasteiger partial charge is 0.191 e. The van der Waals surface area contributed by atoms with Crippen LogP contribution in [-0.2, 0) is 13.0 Å². The first-order chi connectivity index (χ1) is 11.7. The van der Waals surface area contributed by atoms with Gasteiger partial charge in [-0.25, -0.2) is 4.39 Å². The molecule has 5 nitrogen and oxygen atoms in total. The molecule has 0 bridgehead atoms. The third-order valence-electron chi connectivity index (χ3n) is 3.61. The van der Waals surface area contributed by atoms with Crippen LogP contribution in [0, 0.1) is 11.7 Å². The van der Waals surface area contributed by atoms with Gasteiger partial charge in [0.05, 0.1) is 0 Å². The third kappa shape index (κ3) is 7.85. The van der Waals surface area contributed by atoms with Gasteiger partial charge in [0.2, 0.25) is 0 Å². The van der Waals surface area contributed by atoms with Gasteiger partial charge in [0.1, 0.15) is 5.82 Å². The standard InChI is InChI=1S/C18H26FN5.HI/c1-3-20-18(21-11-9-16-7-4-5-8-17(16)19)22-13-15(2)14-24-12-6-10-23-24;/h4-8,10,12,15H,3,9,11,13-14H2,1-2H3,(H2,20,21,22);1H. The van der Waals surface area contributed by atoms with Crippen molar-refractivity contribution in [3.05, 3.63) is 54.1 Å². The lowest BCUT2D eigenvalue weighted by Gasteiger charge is -2.14. The number of rotatable bonds is 8. The van der Waals surface area contributed by atoms with E-state index in [0.717, 1.165) is 19.0 Å². The Morgan fingerprint density at radius 1 is 1.28 bits per heavy atom. The molecule has 1 atom stereocenters. The van der Waals surface area contributed by atoms with Crippen LogP contribution in [0.4, 0.5) is 4.39 Å². The molecule has 0 saturated heterocycles. The van der Waals surface area contributed by atoms with Gasteiger partial charge < -0.3 is 10.6 Å². The number of hydrogen-bond acceptors (Lipinski definition) is 2. The Kier molecular flexibility index (Phi) is 10.1. The van der Waals surface area contributed by atoms with Crippen LogP contribution in [0.3, 0.4) is 0 Å². The van der Waals surface area contributed by atoms with E-state index >= 15 is 0 Å². The lowest BCUT2D eigenvalue weighted by molar-refractivity contribution is 0.458. The van der Waals surface area contributed by atoms with Gasteiger partial charge in [0.15, 0.2) is 5.96 Å². The molecule has 1 aromatic carbocycles. The number of aliphatic imine (C=N–C) groups is 1. The highest BCUT2D eigenvalue weighted by Gasteiger charge is 2.05. The second-order valence-electron chi connectivity index (χ2n) is 5.82. The molecule has 0 spiro atoms. The van der Waals surface area contributed by atoms with E-state index in [1.54, 1.807) is 12.3 Å². The molecular weight excluding hydrogens is 432 g/mol. The Morgan fingerprint density at radius 3 is 2.76 bits per heavy atom. The molecule has 1 unspecified atom stereocenters. The molecule has 0 aliphatic rings. The molecule has 0 fully saturated rings. The van der Waals surface area contributed by atoms with Crippen LogP contribution in [0.25, 0.3) is 0 Å². The van der Waals surface area contributed by atoms with Crippen molar-refractivity contribution in [1.82, 2.24) is 20.4 Å². The minimum absolute atomic E-state index is 0. The average Bonchev–Trinajstić information content (AvgIpc) is 3.07. The van der Waals surface area contributed by atoms with E-state index in [1.165, 1.54) is 6.07 Å². The minimum Gasteiger partial charge on any atom is -0.357 e. The van der Waals surface area contributed by atoms with E-state index in [0.29, 0.717) is 31.0 Å². The van der Waals surface area contributed by atoms with Crippen molar-refractivity contribution in [2.75, 3.05) is 19.6 Å². The minimum atomic E-state index is -0.158. The molecule has 7 heteroatoms. The van der Waals surface area contributed by atoms with E-state index < -0.39 is 0 Å². The number of halogens is 2. The van der Waals surface area contributed by atoms with Gasteiger partial charge in [-0.05, 0) is 37.0 Å². The Bertz CT molecular complexity index is 630. The van der Waals surface area contributed by atoms with Gasteiger partial charge in [-0.2, -0.15) is 5.10 Å². The fourth-order valence-corrected chi connectivity index (χ4v) is 2.39. The molecule has 2 N–H and O–H groups in total. The highest BCUT2D eigenvalue weighted by molar-refractivity contribution is 14.0. The summed E-state index contributed by atoms with van der Waals surface area (Å²) in [6, 6.07) is 8.79. The lowest BCUT2D eigenvalue weighted by atomic mass is 10.1. The quantitative estimate of drug-likeness (QED) is 0.363.